The van der Waals surface area contributed by atoms with Gasteiger partial charge in [0.15, 0.2) is 0 Å². The van der Waals surface area contributed by atoms with E-state index in [0.29, 0.717) is 32.4 Å². The Hall–Kier alpha value is -2.59. The summed E-state index contributed by atoms with van der Waals surface area (Å²) in [5, 5.41) is 2.63. The number of aromatic nitrogens is 1. The van der Waals surface area contributed by atoms with Gasteiger partial charge in [0.25, 0.3) is 0 Å². The maximum atomic E-state index is 14.2. The van der Waals surface area contributed by atoms with Gasteiger partial charge in [-0.05, 0) is 43.5 Å². The summed E-state index contributed by atoms with van der Waals surface area (Å²) in [7, 11) is -3.32. The number of hydrogen-bond acceptors (Lipinski definition) is 4. The summed E-state index contributed by atoms with van der Waals surface area (Å²) >= 11 is 0. The largest absolute Gasteiger partial charge is 0.324 e. The average molecular weight is 424 g/mol. The minimum absolute atomic E-state index is 0.0524. The van der Waals surface area contributed by atoms with Crippen molar-refractivity contribution < 1.29 is 22.0 Å². The molecule has 1 aromatic carbocycles. The molecule has 0 bridgehead atoms. The quantitative estimate of drug-likeness (QED) is 0.790. The van der Waals surface area contributed by atoms with Gasteiger partial charge in [-0.2, -0.15) is 0 Å². The Morgan fingerprint density at radius 3 is 2.55 bits per heavy atom. The number of anilines is 1. The molecule has 0 aliphatic carbocycles. The van der Waals surface area contributed by atoms with Crippen LogP contribution >= 0.6 is 0 Å². The van der Waals surface area contributed by atoms with Crippen molar-refractivity contribution in [1.82, 2.24) is 14.6 Å². The first-order valence-electron chi connectivity index (χ1n) is 9.17. The lowest BCUT2D eigenvalue weighted by atomic mass is 10.1. The van der Waals surface area contributed by atoms with E-state index in [0.717, 1.165) is 18.4 Å². The molecule has 1 aliphatic heterocycles. The summed E-state index contributed by atoms with van der Waals surface area (Å²) < 4.78 is 53.8. The van der Waals surface area contributed by atoms with Gasteiger partial charge in [-0.15, -0.1) is 0 Å². The zero-order valence-corrected chi connectivity index (χ0v) is 16.7. The maximum Gasteiger partial charge on any atom is 0.323 e. The fourth-order valence-electron chi connectivity index (χ4n) is 3.36. The molecule has 2 amide bonds. The third-order valence-corrected chi connectivity index (χ3v) is 5.42. The number of nitrogens with zero attached hydrogens (tertiary/aromatic N) is 2. The Morgan fingerprint density at radius 1 is 1.14 bits per heavy atom. The molecule has 0 unspecified atom stereocenters. The fourth-order valence-corrected chi connectivity index (χ4v) is 4.20. The first-order chi connectivity index (χ1) is 13.7. The molecule has 156 valence electrons. The molecular weight excluding hydrogens is 402 g/mol. The van der Waals surface area contributed by atoms with Crippen LogP contribution in [0.2, 0.25) is 0 Å². The number of amides is 2. The highest BCUT2D eigenvalue weighted by Crippen LogP contribution is 2.31. The van der Waals surface area contributed by atoms with Gasteiger partial charge in [0, 0.05) is 30.9 Å². The van der Waals surface area contributed by atoms with Crippen LogP contribution in [0.1, 0.15) is 19.3 Å². The highest BCUT2D eigenvalue weighted by Gasteiger charge is 2.24. The lowest BCUT2D eigenvalue weighted by Gasteiger charge is -2.22. The number of rotatable bonds is 4. The third kappa shape index (κ3) is 5.48. The Balaban J connectivity index is 1.75. The smallest absolute Gasteiger partial charge is 0.323 e. The number of benzene rings is 1. The molecule has 0 radical (unpaired) electrons. The Kier molecular flexibility index (Phi) is 6.43. The molecule has 1 fully saturated rings. The van der Waals surface area contributed by atoms with E-state index in [2.05, 4.69) is 15.0 Å². The minimum atomic E-state index is -3.32. The van der Waals surface area contributed by atoms with Crippen molar-refractivity contribution in [2.24, 2.45) is 0 Å². The zero-order chi connectivity index (χ0) is 21.0. The average Bonchev–Trinajstić information content (AvgIpc) is 2.87. The van der Waals surface area contributed by atoms with E-state index in [1.54, 1.807) is 4.90 Å². The molecule has 1 aliphatic rings. The number of sulfonamides is 1. The summed E-state index contributed by atoms with van der Waals surface area (Å²) in [5.74, 6) is -1.45. The van der Waals surface area contributed by atoms with E-state index >= 15 is 0 Å². The predicted octanol–water partition coefficient (Wildman–Crippen LogP) is 2.96. The normalized spacial score (nSPS) is 17.6. The van der Waals surface area contributed by atoms with E-state index in [1.165, 1.54) is 24.4 Å². The summed E-state index contributed by atoms with van der Waals surface area (Å²) in [6.45, 7) is 0.777. The van der Waals surface area contributed by atoms with E-state index in [1.807, 2.05) is 0 Å². The van der Waals surface area contributed by atoms with Crippen molar-refractivity contribution in [3.8, 4) is 11.1 Å². The highest BCUT2D eigenvalue weighted by atomic mass is 32.2. The van der Waals surface area contributed by atoms with Gasteiger partial charge < -0.3 is 4.90 Å². The lowest BCUT2D eigenvalue weighted by Crippen LogP contribution is -2.38. The predicted molar refractivity (Wildman–Crippen MR) is 106 cm³/mol. The van der Waals surface area contributed by atoms with Crippen LogP contribution in [0, 0.1) is 11.6 Å². The number of likely N-dealkylation sites (tertiary alicyclic amines) is 1. The highest BCUT2D eigenvalue weighted by molar-refractivity contribution is 7.88. The van der Waals surface area contributed by atoms with Crippen molar-refractivity contribution in [3.05, 3.63) is 48.2 Å². The zero-order valence-electron chi connectivity index (χ0n) is 15.9. The van der Waals surface area contributed by atoms with E-state index < -0.39 is 27.7 Å². The molecule has 0 saturated carbocycles. The van der Waals surface area contributed by atoms with Crippen molar-refractivity contribution in [3.63, 3.8) is 0 Å². The second kappa shape index (κ2) is 8.83. The van der Waals surface area contributed by atoms with Crippen LogP contribution in [0.3, 0.4) is 0 Å². The minimum Gasteiger partial charge on any atom is -0.324 e. The van der Waals surface area contributed by atoms with Crippen molar-refractivity contribution >= 4 is 21.9 Å². The summed E-state index contributed by atoms with van der Waals surface area (Å²) in [5.41, 5.74) is -0.118. The number of carbonyl (C=O) groups excluding carboxylic acids is 1. The number of pyridine rings is 1. The molecular formula is C19H22F2N4O3S. The number of urea groups is 1. The first-order valence-corrected chi connectivity index (χ1v) is 11.1. The van der Waals surface area contributed by atoms with E-state index in [4.69, 9.17) is 0 Å². The number of hydrogen-bond donors (Lipinski definition) is 2. The van der Waals surface area contributed by atoms with Crippen molar-refractivity contribution in [2.45, 2.75) is 25.3 Å². The number of halogens is 2. The molecule has 1 aromatic heterocycles. The topological polar surface area (TPSA) is 91.4 Å². The van der Waals surface area contributed by atoms with Crippen LogP contribution in [-0.2, 0) is 10.0 Å². The molecule has 29 heavy (non-hydrogen) atoms. The third-order valence-electron chi connectivity index (χ3n) is 4.66. The summed E-state index contributed by atoms with van der Waals surface area (Å²) in [6.07, 6.45) is 4.24. The van der Waals surface area contributed by atoms with Gasteiger partial charge in [0.2, 0.25) is 10.0 Å². The van der Waals surface area contributed by atoms with Gasteiger partial charge in [-0.1, -0.05) is 6.07 Å². The van der Waals surface area contributed by atoms with Crippen LogP contribution in [0.25, 0.3) is 11.1 Å². The molecule has 3 rings (SSSR count). The van der Waals surface area contributed by atoms with Gasteiger partial charge in [-0.3, -0.25) is 5.32 Å². The standard InChI is InChI=1S/C19H22F2N4O3S/c1-29(27,28)24-13-5-4-11-25(12-9-13)19(26)23-18-14(6-3-10-22-18)17-15(20)7-2-8-16(17)21/h2-3,6-8,10,13,24H,4-5,9,11-12H2,1H3,(H,22,23,26)/t13-/m0/s1. The van der Waals surface area contributed by atoms with Crippen LogP contribution in [0.4, 0.5) is 19.4 Å². The van der Waals surface area contributed by atoms with Gasteiger partial charge in [-0.25, -0.2) is 31.7 Å². The maximum absolute atomic E-state index is 14.2. The van der Waals surface area contributed by atoms with Crippen LogP contribution in [0.5, 0.6) is 0 Å². The van der Waals surface area contributed by atoms with Gasteiger partial charge in [0.1, 0.15) is 17.5 Å². The molecule has 2 aromatic rings. The molecule has 2 N–H and O–H groups in total. The monoisotopic (exact) mass is 424 g/mol. The Labute approximate surface area is 168 Å². The Bertz CT molecular complexity index is 980. The van der Waals surface area contributed by atoms with Crippen LogP contribution in [0.15, 0.2) is 36.5 Å². The lowest BCUT2D eigenvalue weighted by molar-refractivity contribution is 0.213. The molecule has 1 saturated heterocycles. The van der Waals surface area contributed by atoms with Crippen molar-refractivity contribution in [2.75, 3.05) is 24.7 Å². The molecule has 0 spiro atoms. The second-order valence-corrected chi connectivity index (χ2v) is 8.71. The van der Waals surface area contributed by atoms with Crippen LogP contribution in [-0.4, -0.2) is 49.7 Å². The summed E-state index contributed by atoms with van der Waals surface area (Å²) in [4.78, 5) is 18.3. The summed E-state index contributed by atoms with van der Waals surface area (Å²) in [6, 6.07) is 5.87. The first kappa shape index (κ1) is 21.1. The fraction of sp³-hybridized carbons (Fsp3) is 0.368. The van der Waals surface area contributed by atoms with Crippen LogP contribution < -0.4 is 10.0 Å². The number of carbonyl (C=O) groups is 1. The van der Waals surface area contributed by atoms with Crippen molar-refractivity contribution in [1.29, 1.82) is 0 Å². The second-order valence-electron chi connectivity index (χ2n) is 6.93. The van der Waals surface area contributed by atoms with Gasteiger partial charge in [0.05, 0.1) is 11.8 Å². The Morgan fingerprint density at radius 2 is 1.86 bits per heavy atom. The van der Waals surface area contributed by atoms with E-state index in [9.17, 15) is 22.0 Å². The SMILES string of the molecule is CS(=O)(=O)N[C@H]1CCCN(C(=O)Nc2ncccc2-c2c(F)cccc2F)CC1. The van der Waals surface area contributed by atoms with Gasteiger partial charge >= 0.3 is 6.03 Å². The molecule has 10 heteroatoms. The molecule has 7 nitrogen and oxygen atoms in total. The number of nitrogens with one attached hydrogen (secondary N) is 2. The van der Waals surface area contributed by atoms with E-state index in [-0.39, 0.29) is 23.0 Å². The molecule has 2 heterocycles. The molecule has 1 atom stereocenters.